The molecule has 1 aliphatic heterocycles. The quantitative estimate of drug-likeness (QED) is 0.836. The van der Waals surface area contributed by atoms with Crippen molar-refractivity contribution in [2.75, 3.05) is 26.3 Å². The van der Waals surface area contributed by atoms with Crippen molar-refractivity contribution in [2.45, 2.75) is 0 Å². The van der Waals surface area contributed by atoms with E-state index in [4.69, 9.17) is 10.5 Å². The largest absolute Gasteiger partial charge is 0.378 e. The molecular formula is C13H14F2N2O2. The Morgan fingerprint density at radius 3 is 2.58 bits per heavy atom. The second-order valence-corrected chi connectivity index (χ2v) is 4.16. The van der Waals surface area contributed by atoms with Crippen molar-refractivity contribution in [1.29, 1.82) is 0 Å². The molecular weight excluding hydrogens is 254 g/mol. The number of nitrogens with zero attached hydrogens (tertiary/aromatic N) is 1. The number of rotatable bonds is 3. The minimum atomic E-state index is -0.730. The lowest BCUT2D eigenvalue weighted by Gasteiger charge is -2.29. The van der Waals surface area contributed by atoms with E-state index in [2.05, 4.69) is 0 Å². The molecule has 4 nitrogen and oxygen atoms in total. The first-order valence-corrected chi connectivity index (χ1v) is 5.87. The summed E-state index contributed by atoms with van der Waals surface area (Å²) in [5.74, 6) is -2.04. The minimum Gasteiger partial charge on any atom is -0.378 e. The van der Waals surface area contributed by atoms with Gasteiger partial charge in [0.15, 0.2) is 0 Å². The third-order valence-corrected chi connectivity index (χ3v) is 2.86. The van der Waals surface area contributed by atoms with Crippen LogP contribution in [0.3, 0.4) is 0 Å². The van der Waals surface area contributed by atoms with Crippen molar-refractivity contribution < 1.29 is 18.3 Å². The minimum absolute atomic E-state index is 0.127. The summed E-state index contributed by atoms with van der Waals surface area (Å²) in [6.07, 6.45) is 1.34. The molecule has 1 aromatic rings. The molecule has 1 fully saturated rings. The molecule has 0 unspecified atom stereocenters. The summed E-state index contributed by atoms with van der Waals surface area (Å²) < 4.78 is 31.6. The Labute approximate surface area is 109 Å². The first-order chi connectivity index (χ1) is 9.08. The molecule has 0 aliphatic carbocycles. The summed E-state index contributed by atoms with van der Waals surface area (Å²) in [5.41, 5.74) is 5.64. The zero-order chi connectivity index (χ0) is 13.8. The maximum atomic E-state index is 13.6. The highest BCUT2D eigenvalue weighted by molar-refractivity contribution is 5.96. The summed E-state index contributed by atoms with van der Waals surface area (Å²) in [4.78, 5) is 13.2. The number of amides is 1. The Morgan fingerprint density at radius 2 is 2.00 bits per heavy atom. The summed E-state index contributed by atoms with van der Waals surface area (Å²) in [6, 6.07) is 3.17. The molecule has 1 amide bonds. The lowest BCUT2D eigenvalue weighted by molar-refractivity contribution is -0.116. The van der Waals surface area contributed by atoms with Crippen molar-refractivity contribution in [1.82, 2.24) is 4.90 Å². The second kappa shape index (κ2) is 5.79. The summed E-state index contributed by atoms with van der Waals surface area (Å²) >= 11 is 0. The van der Waals surface area contributed by atoms with Crippen molar-refractivity contribution in [3.05, 3.63) is 41.1 Å². The van der Waals surface area contributed by atoms with Gasteiger partial charge in [0, 0.05) is 24.7 Å². The fourth-order valence-electron chi connectivity index (χ4n) is 1.89. The molecule has 0 spiro atoms. The molecule has 2 rings (SSSR count). The molecule has 19 heavy (non-hydrogen) atoms. The first-order valence-electron chi connectivity index (χ1n) is 5.87. The highest BCUT2D eigenvalue weighted by atomic mass is 19.1. The third-order valence-electron chi connectivity index (χ3n) is 2.86. The van der Waals surface area contributed by atoms with Crippen LogP contribution in [-0.4, -0.2) is 37.1 Å². The molecule has 2 N–H and O–H groups in total. The highest BCUT2D eigenvalue weighted by Crippen LogP contribution is 2.16. The molecule has 0 atom stereocenters. The Bertz CT molecular complexity index is 511. The van der Waals surface area contributed by atoms with Crippen LogP contribution in [0.25, 0.3) is 6.08 Å². The van der Waals surface area contributed by atoms with Crippen molar-refractivity contribution >= 4 is 12.0 Å². The van der Waals surface area contributed by atoms with Gasteiger partial charge in [0.25, 0.3) is 5.91 Å². The van der Waals surface area contributed by atoms with E-state index < -0.39 is 17.5 Å². The first kappa shape index (κ1) is 13.5. The number of hydrogen-bond acceptors (Lipinski definition) is 3. The van der Waals surface area contributed by atoms with Crippen LogP contribution in [0.5, 0.6) is 0 Å². The Kier molecular flexibility index (Phi) is 4.11. The van der Waals surface area contributed by atoms with E-state index >= 15 is 0 Å². The van der Waals surface area contributed by atoms with E-state index in [1.165, 1.54) is 12.1 Å². The molecule has 1 aliphatic rings. The lowest BCUT2D eigenvalue weighted by atomic mass is 10.1. The third kappa shape index (κ3) is 3.29. The Hall–Kier alpha value is -1.95. The van der Waals surface area contributed by atoms with Crippen LogP contribution in [0.1, 0.15) is 5.56 Å². The average Bonchev–Trinajstić information content (AvgIpc) is 2.38. The van der Waals surface area contributed by atoms with Crippen molar-refractivity contribution in [3.8, 4) is 0 Å². The number of hydrogen-bond donors (Lipinski definition) is 1. The van der Waals surface area contributed by atoms with Gasteiger partial charge in [-0.15, -0.1) is 0 Å². The molecule has 1 aromatic carbocycles. The lowest BCUT2D eigenvalue weighted by Crippen LogP contribution is -2.39. The number of morpholine rings is 1. The van der Waals surface area contributed by atoms with Crippen LogP contribution in [0, 0.1) is 11.6 Å². The predicted molar refractivity (Wildman–Crippen MR) is 65.9 cm³/mol. The van der Waals surface area contributed by atoms with Gasteiger partial charge < -0.3 is 15.4 Å². The van der Waals surface area contributed by atoms with Gasteiger partial charge >= 0.3 is 0 Å². The van der Waals surface area contributed by atoms with Crippen LogP contribution < -0.4 is 5.73 Å². The number of benzene rings is 1. The number of primary amides is 1. The predicted octanol–water partition coefficient (Wildman–Crippen LogP) is 1.12. The van der Waals surface area contributed by atoms with Crippen LogP contribution in [0.2, 0.25) is 0 Å². The van der Waals surface area contributed by atoms with Crippen molar-refractivity contribution in [3.63, 3.8) is 0 Å². The maximum Gasteiger partial charge on any atom is 0.265 e. The van der Waals surface area contributed by atoms with E-state index in [1.807, 2.05) is 0 Å². The zero-order valence-corrected chi connectivity index (χ0v) is 10.2. The van der Waals surface area contributed by atoms with E-state index in [0.717, 1.165) is 12.1 Å². The molecule has 6 heteroatoms. The van der Waals surface area contributed by atoms with E-state index in [9.17, 15) is 13.6 Å². The Morgan fingerprint density at radius 1 is 1.32 bits per heavy atom. The molecule has 0 bridgehead atoms. The van der Waals surface area contributed by atoms with Gasteiger partial charge in [-0.05, 0) is 18.2 Å². The number of nitrogens with two attached hydrogens (primary N) is 1. The Balaban J connectivity index is 2.31. The smallest absolute Gasteiger partial charge is 0.265 e. The fourth-order valence-corrected chi connectivity index (χ4v) is 1.89. The zero-order valence-electron chi connectivity index (χ0n) is 10.2. The highest BCUT2D eigenvalue weighted by Gasteiger charge is 2.18. The normalized spacial score (nSPS) is 16.5. The SMILES string of the molecule is NC(=O)C(=Cc1ccc(F)cc1F)N1CCOCC1. The van der Waals surface area contributed by atoms with Gasteiger partial charge in [-0.1, -0.05) is 0 Å². The summed E-state index contributed by atoms with van der Waals surface area (Å²) in [6.45, 7) is 1.99. The summed E-state index contributed by atoms with van der Waals surface area (Å²) in [5, 5.41) is 0. The molecule has 0 aromatic heterocycles. The molecule has 0 saturated carbocycles. The van der Waals surface area contributed by atoms with Crippen LogP contribution in [-0.2, 0) is 9.53 Å². The number of carbonyl (C=O) groups is 1. The molecule has 1 heterocycles. The van der Waals surface area contributed by atoms with Gasteiger partial charge in [0.05, 0.1) is 13.2 Å². The molecule has 102 valence electrons. The maximum absolute atomic E-state index is 13.6. The number of carbonyl (C=O) groups excluding carboxylic acids is 1. The fraction of sp³-hybridized carbons (Fsp3) is 0.308. The van der Waals surface area contributed by atoms with E-state index in [1.54, 1.807) is 4.90 Å². The van der Waals surface area contributed by atoms with Crippen LogP contribution in [0.4, 0.5) is 8.78 Å². The topological polar surface area (TPSA) is 55.6 Å². The van der Waals surface area contributed by atoms with Gasteiger partial charge in [0.1, 0.15) is 17.3 Å². The average molecular weight is 268 g/mol. The van der Waals surface area contributed by atoms with E-state index in [-0.39, 0.29) is 11.3 Å². The standard InChI is InChI=1S/C13H14F2N2O2/c14-10-2-1-9(11(15)8-10)7-12(13(16)18)17-3-5-19-6-4-17/h1-2,7-8H,3-6H2,(H2,16,18). The second-order valence-electron chi connectivity index (χ2n) is 4.16. The number of ether oxygens (including phenoxy) is 1. The molecule has 1 saturated heterocycles. The van der Waals surface area contributed by atoms with Gasteiger partial charge in [-0.3, -0.25) is 4.79 Å². The molecule has 0 radical (unpaired) electrons. The van der Waals surface area contributed by atoms with Crippen molar-refractivity contribution in [2.24, 2.45) is 5.73 Å². The van der Waals surface area contributed by atoms with Gasteiger partial charge in [-0.2, -0.15) is 0 Å². The van der Waals surface area contributed by atoms with E-state index in [0.29, 0.717) is 26.3 Å². The van der Waals surface area contributed by atoms with Gasteiger partial charge in [0.2, 0.25) is 0 Å². The monoisotopic (exact) mass is 268 g/mol. The summed E-state index contributed by atoms with van der Waals surface area (Å²) in [7, 11) is 0. The van der Waals surface area contributed by atoms with Gasteiger partial charge in [-0.25, -0.2) is 8.78 Å². The van der Waals surface area contributed by atoms with Crippen LogP contribution >= 0.6 is 0 Å². The van der Waals surface area contributed by atoms with Crippen LogP contribution in [0.15, 0.2) is 23.9 Å². The number of halogens is 2.